The van der Waals surface area contributed by atoms with E-state index in [2.05, 4.69) is 5.32 Å². The van der Waals surface area contributed by atoms with E-state index in [1.165, 1.54) is 4.90 Å². The Morgan fingerprint density at radius 3 is 2.70 bits per heavy atom. The number of hydrogen-bond acceptors (Lipinski definition) is 3. The summed E-state index contributed by atoms with van der Waals surface area (Å²) >= 11 is 5.77. The van der Waals surface area contributed by atoms with Gasteiger partial charge in [0.15, 0.2) is 0 Å². The first-order chi connectivity index (χ1) is 9.49. The number of halogens is 1. The molecule has 112 valence electrons. The molecule has 1 rings (SSSR count). The maximum Gasteiger partial charge on any atom is 0.317 e. The fourth-order valence-electron chi connectivity index (χ4n) is 1.47. The summed E-state index contributed by atoms with van der Waals surface area (Å²) < 4.78 is 5.46. The zero-order valence-corrected chi connectivity index (χ0v) is 12.6. The van der Waals surface area contributed by atoms with Crippen molar-refractivity contribution in [2.75, 3.05) is 26.7 Å². The highest BCUT2D eigenvalue weighted by atomic mass is 35.5. The number of rotatable bonds is 7. The van der Waals surface area contributed by atoms with E-state index < -0.39 is 6.10 Å². The molecule has 0 radical (unpaired) electrons. The molecule has 0 heterocycles. The molecule has 2 N–H and O–H groups in total. The summed E-state index contributed by atoms with van der Waals surface area (Å²) in [6, 6.07) is 6.88. The number of aliphatic hydroxyl groups excluding tert-OH is 1. The van der Waals surface area contributed by atoms with Crippen LogP contribution in [0.1, 0.15) is 13.3 Å². The first kappa shape index (κ1) is 16.6. The van der Waals surface area contributed by atoms with E-state index in [1.807, 2.05) is 0 Å². The monoisotopic (exact) mass is 300 g/mol. The smallest absolute Gasteiger partial charge is 0.317 e. The Labute approximate surface area is 124 Å². The molecule has 0 aliphatic rings. The number of aliphatic hydroxyl groups is 1. The molecule has 1 aromatic rings. The first-order valence-corrected chi connectivity index (χ1v) is 6.92. The van der Waals surface area contributed by atoms with Gasteiger partial charge in [-0.25, -0.2) is 4.79 Å². The standard InChI is InChI=1S/C14H21ClN2O3/c1-11(18)7-9-17(2)14(19)16-8-10-20-13-5-3-12(15)4-6-13/h3-6,11,18H,7-10H2,1-2H3,(H,16,19). The van der Waals surface area contributed by atoms with Crippen LogP contribution in [0.15, 0.2) is 24.3 Å². The van der Waals surface area contributed by atoms with Gasteiger partial charge in [0.25, 0.3) is 0 Å². The van der Waals surface area contributed by atoms with Crippen LogP contribution in [0.4, 0.5) is 4.79 Å². The van der Waals surface area contributed by atoms with Crippen LogP contribution in [0.2, 0.25) is 5.02 Å². The fourth-order valence-corrected chi connectivity index (χ4v) is 1.60. The third-order valence-corrected chi connectivity index (χ3v) is 2.94. The van der Waals surface area contributed by atoms with E-state index in [1.54, 1.807) is 38.2 Å². The number of nitrogens with one attached hydrogen (secondary N) is 1. The lowest BCUT2D eigenvalue weighted by Gasteiger charge is -2.18. The Hall–Kier alpha value is -1.46. The summed E-state index contributed by atoms with van der Waals surface area (Å²) in [5.74, 6) is 0.714. The van der Waals surface area contributed by atoms with Crippen molar-refractivity contribution in [3.8, 4) is 5.75 Å². The molecule has 1 aromatic carbocycles. The van der Waals surface area contributed by atoms with Crippen molar-refractivity contribution in [3.05, 3.63) is 29.3 Å². The normalized spacial score (nSPS) is 11.8. The summed E-state index contributed by atoms with van der Waals surface area (Å²) in [6.07, 6.45) is 0.157. The van der Waals surface area contributed by atoms with Crippen molar-refractivity contribution in [1.29, 1.82) is 0 Å². The highest BCUT2D eigenvalue weighted by Gasteiger charge is 2.08. The maximum atomic E-state index is 11.7. The predicted molar refractivity (Wildman–Crippen MR) is 79.3 cm³/mol. The second-order valence-corrected chi connectivity index (χ2v) is 5.03. The molecule has 0 saturated carbocycles. The number of hydrogen-bond donors (Lipinski definition) is 2. The first-order valence-electron chi connectivity index (χ1n) is 6.54. The van der Waals surface area contributed by atoms with Crippen molar-refractivity contribution in [3.63, 3.8) is 0 Å². The van der Waals surface area contributed by atoms with Gasteiger partial charge in [0.2, 0.25) is 0 Å². The SMILES string of the molecule is CC(O)CCN(C)C(=O)NCCOc1ccc(Cl)cc1. The molecule has 0 spiro atoms. The number of carbonyl (C=O) groups excluding carboxylic acids is 1. The van der Waals surface area contributed by atoms with Gasteiger partial charge in [0.1, 0.15) is 12.4 Å². The van der Waals surface area contributed by atoms with Gasteiger partial charge in [-0.15, -0.1) is 0 Å². The minimum atomic E-state index is -0.404. The van der Waals surface area contributed by atoms with Crippen LogP contribution in [0.5, 0.6) is 5.75 Å². The number of carbonyl (C=O) groups is 1. The highest BCUT2D eigenvalue weighted by Crippen LogP contribution is 2.15. The lowest BCUT2D eigenvalue weighted by atomic mass is 10.3. The molecule has 2 amide bonds. The molecular formula is C14H21ClN2O3. The largest absolute Gasteiger partial charge is 0.492 e. The number of benzene rings is 1. The van der Waals surface area contributed by atoms with Crippen LogP contribution in [0, 0.1) is 0 Å². The Morgan fingerprint density at radius 1 is 1.45 bits per heavy atom. The van der Waals surface area contributed by atoms with Gasteiger partial charge in [-0.1, -0.05) is 11.6 Å². The molecule has 0 aliphatic heterocycles. The molecule has 1 atom stereocenters. The maximum absolute atomic E-state index is 11.7. The minimum Gasteiger partial charge on any atom is -0.492 e. The molecule has 0 aliphatic carbocycles. The predicted octanol–water partition coefficient (Wildman–Crippen LogP) is 2.13. The number of ether oxygens (including phenoxy) is 1. The Morgan fingerprint density at radius 2 is 2.10 bits per heavy atom. The zero-order chi connectivity index (χ0) is 15.0. The summed E-state index contributed by atoms with van der Waals surface area (Å²) in [5.41, 5.74) is 0. The van der Waals surface area contributed by atoms with Gasteiger partial charge < -0.3 is 20.1 Å². The second kappa shape index (κ2) is 8.66. The van der Waals surface area contributed by atoms with Crippen LogP contribution in [-0.2, 0) is 0 Å². The molecule has 0 fully saturated rings. The van der Waals surface area contributed by atoms with E-state index in [0.717, 1.165) is 0 Å². The van der Waals surface area contributed by atoms with Crippen LogP contribution in [0.3, 0.4) is 0 Å². The Bertz CT molecular complexity index is 409. The van der Waals surface area contributed by atoms with Gasteiger partial charge in [-0.2, -0.15) is 0 Å². The van der Waals surface area contributed by atoms with Crippen molar-refractivity contribution in [1.82, 2.24) is 10.2 Å². The van der Waals surface area contributed by atoms with Crippen LogP contribution in [-0.4, -0.2) is 48.9 Å². The molecule has 0 aromatic heterocycles. The van der Waals surface area contributed by atoms with Crippen molar-refractivity contribution in [2.24, 2.45) is 0 Å². The molecule has 1 unspecified atom stereocenters. The van der Waals surface area contributed by atoms with Crippen molar-refractivity contribution < 1.29 is 14.6 Å². The molecule has 0 saturated heterocycles. The average molecular weight is 301 g/mol. The van der Waals surface area contributed by atoms with E-state index in [9.17, 15) is 4.79 Å². The molecule has 5 nitrogen and oxygen atoms in total. The van der Waals surface area contributed by atoms with Crippen LogP contribution < -0.4 is 10.1 Å². The quantitative estimate of drug-likeness (QED) is 0.758. The third-order valence-electron chi connectivity index (χ3n) is 2.69. The van der Waals surface area contributed by atoms with Crippen molar-refractivity contribution >= 4 is 17.6 Å². The zero-order valence-electron chi connectivity index (χ0n) is 11.8. The van der Waals surface area contributed by atoms with Gasteiger partial charge in [-0.05, 0) is 37.6 Å². The van der Waals surface area contributed by atoms with E-state index in [-0.39, 0.29) is 6.03 Å². The second-order valence-electron chi connectivity index (χ2n) is 4.59. The third kappa shape index (κ3) is 6.63. The van der Waals surface area contributed by atoms with Gasteiger partial charge >= 0.3 is 6.03 Å². The van der Waals surface area contributed by atoms with Crippen molar-refractivity contribution in [2.45, 2.75) is 19.4 Å². The molecule has 20 heavy (non-hydrogen) atoms. The fraction of sp³-hybridized carbons (Fsp3) is 0.500. The summed E-state index contributed by atoms with van der Waals surface area (Å²) in [5, 5.41) is 12.6. The number of urea groups is 1. The molecule has 0 bridgehead atoms. The van der Waals surface area contributed by atoms with Gasteiger partial charge in [0, 0.05) is 18.6 Å². The average Bonchev–Trinajstić information content (AvgIpc) is 2.42. The summed E-state index contributed by atoms with van der Waals surface area (Å²) in [7, 11) is 1.69. The summed E-state index contributed by atoms with van der Waals surface area (Å²) in [6.45, 7) is 3.02. The lowest BCUT2D eigenvalue weighted by Crippen LogP contribution is -2.40. The Kier molecular flexibility index (Phi) is 7.18. The highest BCUT2D eigenvalue weighted by molar-refractivity contribution is 6.30. The number of nitrogens with zero attached hydrogens (tertiary/aromatic N) is 1. The van der Waals surface area contributed by atoms with E-state index >= 15 is 0 Å². The van der Waals surface area contributed by atoms with E-state index in [4.69, 9.17) is 21.4 Å². The Balaban J connectivity index is 2.17. The van der Waals surface area contributed by atoms with Gasteiger partial charge in [0.05, 0.1) is 12.6 Å². The number of amides is 2. The summed E-state index contributed by atoms with van der Waals surface area (Å²) in [4.78, 5) is 13.2. The van der Waals surface area contributed by atoms with Gasteiger partial charge in [-0.3, -0.25) is 0 Å². The van der Waals surface area contributed by atoms with E-state index in [0.29, 0.717) is 36.9 Å². The lowest BCUT2D eigenvalue weighted by molar-refractivity contribution is 0.162. The van der Waals surface area contributed by atoms with Crippen LogP contribution >= 0.6 is 11.6 Å². The topological polar surface area (TPSA) is 61.8 Å². The minimum absolute atomic E-state index is 0.176. The van der Waals surface area contributed by atoms with Crippen LogP contribution in [0.25, 0.3) is 0 Å². The molecular weight excluding hydrogens is 280 g/mol. The molecule has 6 heteroatoms.